The third-order valence-corrected chi connectivity index (χ3v) is 3.53. The minimum absolute atomic E-state index is 0.368. The van der Waals surface area contributed by atoms with Gasteiger partial charge in [-0.2, -0.15) is 0 Å². The number of hydrogen-bond donors (Lipinski definition) is 0. The van der Waals surface area contributed by atoms with Crippen LogP contribution in [-0.2, 0) is 12.8 Å². The summed E-state index contributed by atoms with van der Waals surface area (Å²) in [6, 6.07) is 8.91. The maximum atomic E-state index is 10.9. The summed E-state index contributed by atoms with van der Waals surface area (Å²) in [7, 11) is 0. The zero-order chi connectivity index (χ0) is 11.7. The molecule has 1 unspecified atom stereocenters. The average molecular weight is 226 g/mol. The van der Waals surface area contributed by atoms with Gasteiger partial charge in [-0.15, -0.1) is 0 Å². The van der Waals surface area contributed by atoms with Crippen LogP contribution in [-0.4, -0.2) is 15.8 Å². The van der Waals surface area contributed by atoms with Crippen molar-refractivity contribution >= 4 is 6.29 Å². The molecular formula is C14H14N2O. The van der Waals surface area contributed by atoms with Crippen LogP contribution in [0.4, 0.5) is 0 Å². The van der Waals surface area contributed by atoms with E-state index in [1.165, 1.54) is 11.1 Å². The zero-order valence-electron chi connectivity index (χ0n) is 9.54. The van der Waals surface area contributed by atoms with Gasteiger partial charge in [0, 0.05) is 6.04 Å². The molecule has 2 aromatic rings. The Morgan fingerprint density at radius 3 is 2.94 bits per heavy atom. The van der Waals surface area contributed by atoms with Crippen LogP contribution >= 0.6 is 0 Å². The Bertz CT molecular complexity index is 545. The first-order valence-electron chi connectivity index (χ1n) is 5.92. The fraction of sp³-hybridized carbons (Fsp3) is 0.286. The summed E-state index contributed by atoms with van der Waals surface area (Å²) in [6.07, 6.45) is 7.43. The van der Waals surface area contributed by atoms with Crippen molar-refractivity contribution in [2.45, 2.75) is 25.3 Å². The first-order chi connectivity index (χ1) is 8.38. The Hall–Kier alpha value is -1.90. The van der Waals surface area contributed by atoms with Crippen LogP contribution in [0.15, 0.2) is 36.8 Å². The Balaban J connectivity index is 1.92. The predicted octanol–water partition coefficient (Wildman–Crippen LogP) is 2.43. The second kappa shape index (κ2) is 4.17. The molecule has 86 valence electrons. The van der Waals surface area contributed by atoms with Crippen LogP contribution in [0.3, 0.4) is 0 Å². The first-order valence-corrected chi connectivity index (χ1v) is 5.92. The van der Waals surface area contributed by atoms with Gasteiger partial charge in [-0.1, -0.05) is 24.3 Å². The molecule has 1 aliphatic carbocycles. The van der Waals surface area contributed by atoms with Crippen LogP contribution in [0.25, 0.3) is 0 Å². The molecule has 1 heterocycles. The fourth-order valence-corrected chi connectivity index (χ4v) is 2.63. The Kier molecular flexibility index (Phi) is 2.52. The van der Waals surface area contributed by atoms with Gasteiger partial charge in [0.1, 0.15) is 5.69 Å². The standard InChI is InChI=1S/C14H14N2O/c17-9-14-8-15-10-16(14)13-6-5-11-3-1-2-4-12(11)7-13/h1-4,8-10,13H,5-7H2. The quantitative estimate of drug-likeness (QED) is 0.737. The number of aryl methyl sites for hydroxylation is 1. The van der Waals surface area contributed by atoms with E-state index < -0.39 is 0 Å². The molecule has 1 atom stereocenters. The van der Waals surface area contributed by atoms with Gasteiger partial charge in [0.15, 0.2) is 6.29 Å². The molecule has 0 bridgehead atoms. The number of benzene rings is 1. The number of aromatic nitrogens is 2. The van der Waals surface area contributed by atoms with E-state index in [9.17, 15) is 4.79 Å². The van der Waals surface area contributed by atoms with Crippen molar-refractivity contribution in [2.24, 2.45) is 0 Å². The molecule has 0 fully saturated rings. The molecule has 0 aliphatic heterocycles. The van der Waals surface area contributed by atoms with Crippen molar-refractivity contribution in [1.82, 2.24) is 9.55 Å². The Morgan fingerprint density at radius 1 is 1.29 bits per heavy atom. The second-order valence-corrected chi connectivity index (χ2v) is 4.51. The number of carbonyl (C=O) groups excluding carboxylic acids is 1. The van der Waals surface area contributed by atoms with Gasteiger partial charge in [0.05, 0.1) is 12.5 Å². The highest BCUT2D eigenvalue weighted by Crippen LogP contribution is 2.29. The van der Waals surface area contributed by atoms with Crippen LogP contribution in [0.5, 0.6) is 0 Å². The molecule has 3 rings (SSSR count). The molecule has 0 saturated carbocycles. The average Bonchev–Trinajstić information content (AvgIpc) is 2.86. The van der Waals surface area contributed by atoms with Gasteiger partial charge >= 0.3 is 0 Å². The lowest BCUT2D eigenvalue weighted by Gasteiger charge is -2.26. The molecule has 0 spiro atoms. The minimum atomic E-state index is 0.368. The van der Waals surface area contributed by atoms with Crippen LogP contribution < -0.4 is 0 Å². The van der Waals surface area contributed by atoms with Crippen molar-refractivity contribution in [1.29, 1.82) is 0 Å². The molecule has 1 aliphatic rings. The summed E-state index contributed by atoms with van der Waals surface area (Å²) in [6.45, 7) is 0. The van der Waals surface area contributed by atoms with Gasteiger partial charge in [0.25, 0.3) is 0 Å². The van der Waals surface area contributed by atoms with Crippen molar-refractivity contribution in [3.05, 3.63) is 53.6 Å². The Labute approximate surface area is 100 Å². The predicted molar refractivity (Wildman–Crippen MR) is 65.1 cm³/mol. The number of carbonyl (C=O) groups is 1. The maximum absolute atomic E-state index is 10.9. The van der Waals surface area contributed by atoms with Gasteiger partial charge in [-0.25, -0.2) is 4.98 Å². The van der Waals surface area contributed by atoms with Gasteiger partial charge in [0.2, 0.25) is 0 Å². The lowest BCUT2D eigenvalue weighted by molar-refractivity contribution is 0.111. The van der Waals surface area contributed by atoms with Gasteiger partial charge in [-0.3, -0.25) is 4.79 Å². The molecule has 3 nitrogen and oxygen atoms in total. The van der Waals surface area contributed by atoms with Gasteiger partial charge in [-0.05, 0) is 30.4 Å². The van der Waals surface area contributed by atoms with E-state index in [0.29, 0.717) is 11.7 Å². The molecule has 3 heteroatoms. The van der Waals surface area contributed by atoms with E-state index in [0.717, 1.165) is 25.5 Å². The highest BCUT2D eigenvalue weighted by molar-refractivity contribution is 5.71. The highest BCUT2D eigenvalue weighted by Gasteiger charge is 2.20. The molecule has 1 aromatic heterocycles. The lowest BCUT2D eigenvalue weighted by atomic mass is 9.88. The molecule has 17 heavy (non-hydrogen) atoms. The van der Waals surface area contributed by atoms with Crippen LogP contribution in [0, 0.1) is 0 Å². The van der Waals surface area contributed by atoms with E-state index in [4.69, 9.17) is 0 Å². The number of fused-ring (bicyclic) bond motifs is 1. The second-order valence-electron chi connectivity index (χ2n) is 4.51. The third-order valence-electron chi connectivity index (χ3n) is 3.53. The van der Waals surface area contributed by atoms with Gasteiger partial charge < -0.3 is 4.57 Å². The summed E-state index contributed by atoms with van der Waals surface area (Å²) in [5, 5.41) is 0. The van der Waals surface area contributed by atoms with Crippen molar-refractivity contribution in [2.75, 3.05) is 0 Å². The molecule has 0 saturated heterocycles. The number of nitrogens with zero attached hydrogens (tertiary/aromatic N) is 2. The zero-order valence-corrected chi connectivity index (χ0v) is 9.54. The smallest absolute Gasteiger partial charge is 0.168 e. The third kappa shape index (κ3) is 1.78. The molecule has 0 N–H and O–H groups in total. The van der Waals surface area contributed by atoms with Crippen molar-refractivity contribution in [3.63, 3.8) is 0 Å². The van der Waals surface area contributed by atoms with Crippen molar-refractivity contribution in [3.8, 4) is 0 Å². The van der Waals surface area contributed by atoms with E-state index in [1.54, 1.807) is 12.5 Å². The lowest BCUT2D eigenvalue weighted by Crippen LogP contribution is -2.19. The van der Waals surface area contributed by atoms with Crippen LogP contribution in [0.2, 0.25) is 0 Å². The summed E-state index contributed by atoms with van der Waals surface area (Å²) in [4.78, 5) is 15.0. The summed E-state index contributed by atoms with van der Waals surface area (Å²) >= 11 is 0. The van der Waals surface area contributed by atoms with E-state index >= 15 is 0 Å². The van der Waals surface area contributed by atoms with Crippen molar-refractivity contribution < 1.29 is 4.79 Å². The largest absolute Gasteiger partial charge is 0.325 e. The highest BCUT2D eigenvalue weighted by atomic mass is 16.1. The Morgan fingerprint density at radius 2 is 2.12 bits per heavy atom. The normalized spacial score (nSPS) is 18.7. The molecule has 1 aromatic carbocycles. The van der Waals surface area contributed by atoms with E-state index in [-0.39, 0.29) is 0 Å². The number of imidazole rings is 1. The number of hydrogen-bond acceptors (Lipinski definition) is 2. The molecule has 0 radical (unpaired) electrons. The minimum Gasteiger partial charge on any atom is -0.325 e. The topological polar surface area (TPSA) is 34.9 Å². The summed E-state index contributed by atoms with van der Waals surface area (Å²) in [5.74, 6) is 0. The number of rotatable bonds is 2. The number of aldehydes is 1. The maximum Gasteiger partial charge on any atom is 0.168 e. The SMILES string of the molecule is O=Cc1cncn1C1CCc2ccccc2C1. The van der Waals surface area contributed by atoms with E-state index in [1.807, 2.05) is 4.57 Å². The fourth-order valence-electron chi connectivity index (χ4n) is 2.63. The molecular weight excluding hydrogens is 212 g/mol. The summed E-state index contributed by atoms with van der Waals surface area (Å²) in [5.41, 5.74) is 3.51. The molecule has 0 amide bonds. The first kappa shape index (κ1) is 10.3. The monoisotopic (exact) mass is 226 g/mol. The van der Waals surface area contributed by atoms with E-state index in [2.05, 4.69) is 29.2 Å². The van der Waals surface area contributed by atoms with Crippen LogP contribution in [0.1, 0.15) is 34.1 Å². The summed E-state index contributed by atoms with van der Waals surface area (Å²) < 4.78 is 2.00.